The van der Waals surface area contributed by atoms with Crippen LogP contribution in [0.25, 0.3) is 10.6 Å². The highest BCUT2D eigenvalue weighted by atomic mass is 32.1. The molecule has 1 amide bonds. The Labute approximate surface area is 134 Å². The SMILES string of the molecule is Cc1nc(-c2cccnc2)sc1C(=O)N1C[C@H](C)O[C@@H](C)C1. The van der Waals surface area contributed by atoms with Gasteiger partial charge in [0.25, 0.3) is 5.91 Å². The molecule has 1 aliphatic rings. The Morgan fingerprint density at radius 1 is 1.36 bits per heavy atom. The maximum absolute atomic E-state index is 12.8. The first-order valence-electron chi connectivity index (χ1n) is 7.37. The molecule has 0 N–H and O–H groups in total. The van der Waals surface area contributed by atoms with Crippen molar-refractivity contribution in [1.82, 2.24) is 14.9 Å². The van der Waals surface area contributed by atoms with Crippen LogP contribution in [0.5, 0.6) is 0 Å². The molecular weight excluding hydrogens is 298 g/mol. The zero-order chi connectivity index (χ0) is 15.7. The number of aryl methyl sites for hydroxylation is 1. The highest BCUT2D eigenvalue weighted by Crippen LogP contribution is 2.29. The van der Waals surface area contributed by atoms with Gasteiger partial charge in [-0.25, -0.2) is 4.98 Å². The normalized spacial score (nSPS) is 21.9. The fraction of sp³-hybridized carbons (Fsp3) is 0.438. The van der Waals surface area contributed by atoms with Crippen LogP contribution >= 0.6 is 11.3 Å². The molecule has 0 unspecified atom stereocenters. The van der Waals surface area contributed by atoms with Gasteiger partial charge in [-0.1, -0.05) is 0 Å². The van der Waals surface area contributed by atoms with Gasteiger partial charge in [0, 0.05) is 31.0 Å². The summed E-state index contributed by atoms with van der Waals surface area (Å²) in [6, 6.07) is 3.83. The third kappa shape index (κ3) is 3.03. The lowest BCUT2D eigenvalue weighted by atomic mass is 10.2. The second-order valence-electron chi connectivity index (χ2n) is 5.64. The van der Waals surface area contributed by atoms with Crippen molar-refractivity contribution >= 4 is 17.2 Å². The number of morpholine rings is 1. The number of rotatable bonds is 2. The average molecular weight is 317 g/mol. The monoisotopic (exact) mass is 317 g/mol. The summed E-state index contributed by atoms with van der Waals surface area (Å²) >= 11 is 1.43. The average Bonchev–Trinajstić information content (AvgIpc) is 2.88. The molecule has 116 valence electrons. The fourth-order valence-corrected chi connectivity index (χ4v) is 3.72. The minimum absolute atomic E-state index is 0.0483. The Bertz CT molecular complexity index is 661. The molecule has 0 radical (unpaired) electrons. The molecule has 2 atom stereocenters. The van der Waals surface area contributed by atoms with Gasteiger partial charge in [-0.3, -0.25) is 9.78 Å². The van der Waals surface area contributed by atoms with E-state index < -0.39 is 0 Å². The van der Waals surface area contributed by atoms with Crippen LogP contribution in [0.2, 0.25) is 0 Å². The lowest BCUT2D eigenvalue weighted by Gasteiger charge is -2.35. The Balaban J connectivity index is 1.86. The van der Waals surface area contributed by atoms with Gasteiger partial charge in [-0.15, -0.1) is 11.3 Å². The molecule has 0 aliphatic carbocycles. The number of aromatic nitrogens is 2. The van der Waals surface area contributed by atoms with E-state index in [9.17, 15) is 4.79 Å². The Kier molecular flexibility index (Phi) is 4.22. The van der Waals surface area contributed by atoms with Crippen molar-refractivity contribution in [2.24, 2.45) is 0 Å². The first-order valence-corrected chi connectivity index (χ1v) is 8.19. The molecule has 6 heteroatoms. The van der Waals surface area contributed by atoms with Crippen molar-refractivity contribution in [3.8, 4) is 10.6 Å². The van der Waals surface area contributed by atoms with Gasteiger partial charge in [0.15, 0.2) is 0 Å². The van der Waals surface area contributed by atoms with Gasteiger partial charge >= 0.3 is 0 Å². The summed E-state index contributed by atoms with van der Waals surface area (Å²) in [6.07, 6.45) is 3.63. The molecule has 0 bridgehead atoms. The summed E-state index contributed by atoms with van der Waals surface area (Å²) in [7, 11) is 0. The van der Waals surface area contributed by atoms with Crippen LogP contribution in [0.3, 0.4) is 0 Å². The molecule has 3 heterocycles. The molecule has 5 nitrogen and oxygen atoms in total. The van der Waals surface area contributed by atoms with Crippen molar-refractivity contribution in [2.75, 3.05) is 13.1 Å². The van der Waals surface area contributed by atoms with E-state index in [4.69, 9.17) is 4.74 Å². The van der Waals surface area contributed by atoms with E-state index in [1.54, 1.807) is 12.4 Å². The van der Waals surface area contributed by atoms with Gasteiger partial charge in [0.1, 0.15) is 9.88 Å². The van der Waals surface area contributed by atoms with Crippen LogP contribution < -0.4 is 0 Å². The number of carbonyl (C=O) groups is 1. The summed E-state index contributed by atoms with van der Waals surface area (Å²) in [5.74, 6) is 0.0483. The van der Waals surface area contributed by atoms with Crippen molar-refractivity contribution in [3.63, 3.8) is 0 Å². The molecule has 0 aromatic carbocycles. The Morgan fingerprint density at radius 2 is 2.09 bits per heavy atom. The highest BCUT2D eigenvalue weighted by Gasteiger charge is 2.29. The minimum Gasteiger partial charge on any atom is -0.372 e. The van der Waals surface area contributed by atoms with E-state index in [1.807, 2.05) is 37.8 Å². The summed E-state index contributed by atoms with van der Waals surface area (Å²) in [4.78, 5) is 24.0. The number of amides is 1. The second-order valence-corrected chi connectivity index (χ2v) is 6.64. The smallest absolute Gasteiger partial charge is 0.266 e. The number of nitrogens with zero attached hydrogens (tertiary/aromatic N) is 3. The molecule has 2 aromatic heterocycles. The summed E-state index contributed by atoms with van der Waals surface area (Å²) in [5, 5.41) is 0.836. The van der Waals surface area contributed by atoms with E-state index in [2.05, 4.69) is 9.97 Å². The van der Waals surface area contributed by atoms with Gasteiger partial charge < -0.3 is 9.64 Å². The van der Waals surface area contributed by atoms with Crippen LogP contribution in [0.15, 0.2) is 24.5 Å². The third-order valence-corrected chi connectivity index (χ3v) is 4.80. The summed E-state index contributed by atoms with van der Waals surface area (Å²) in [5.41, 5.74) is 1.72. The van der Waals surface area contributed by atoms with Crippen LogP contribution in [0.4, 0.5) is 0 Å². The summed E-state index contributed by atoms with van der Waals surface area (Å²) < 4.78 is 5.69. The van der Waals surface area contributed by atoms with Crippen LogP contribution in [-0.2, 0) is 4.74 Å². The topological polar surface area (TPSA) is 55.3 Å². The number of hydrogen-bond donors (Lipinski definition) is 0. The van der Waals surface area contributed by atoms with Crippen molar-refractivity contribution in [1.29, 1.82) is 0 Å². The number of carbonyl (C=O) groups excluding carboxylic acids is 1. The molecule has 0 spiro atoms. The molecule has 1 aliphatic heterocycles. The predicted molar refractivity (Wildman–Crippen MR) is 86.0 cm³/mol. The minimum atomic E-state index is 0.0483. The number of thiazole rings is 1. The maximum Gasteiger partial charge on any atom is 0.266 e. The van der Waals surface area contributed by atoms with Crippen molar-refractivity contribution in [3.05, 3.63) is 35.1 Å². The molecule has 0 saturated carbocycles. The quantitative estimate of drug-likeness (QED) is 0.854. The van der Waals surface area contributed by atoms with Crippen LogP contribution in [-0.4, -0.2) is 46.1 Å². The van der Waals surface area contributed by atoms with Gasteiger partial charge in [-0.05, 0) is 32.9 Å². The second kappa shape index (κ2) is 6.14. The van der Waals surface area contributed by atoms with Crippen LogP contribution in [0.1, 0.15) is 29.2 Å². The first-order chi connectivity index (χ1) is 10.5. The number of ether oxygens (including phenoxy) is 1. The largest absolute Gasteiger partial charge is 0.372 e. The zero-order valence-electron chi connectivity index (χ0n) is 12.9. The molecule has 22 heavy (non-hydrogen) atoms. The Hall–Kier alpha value is -1.79. The van der Waals surface area contributed by atoms with Crippen molar-refractivity contribution in [2.45, 2.75) is 33.0 Å². The van der Waals surface area contributed by atoms with E-state index >= 15 is 0 Å². The maximum atomic E-state index is 12.8. The first kappa shape index (κ1) is 15.1. The van der Waals surface area contributed by atoms with E-state index in [1.165, 1.54) is 11.3 Å². The van der Waals surface area contributed by atoms with E-state index in [0.717, 1.165) is 16.3 Å². The predicted octanol–water partition coefficient (Wildman–Crippen LogP) is 2.76. The molecule has 2 aromatic rings. The Morgan fingerprint density at radius 3 is 2.73 bits per heavy atom. The lowest BCUT2D eigenvalue weighted by molar-refractivity contribution is -0.0585. The molecule has 1 saturated heterocycles. The standard InChI is InChI=1S/C16H19N3O2S/c1-10-8-19(9-11(2)21-10)16(20)14-12(3)18-15(22-14)13-5-4-6-17-7-13/h4-7,10-11H,8-9H2,1-3H3/t10-,11-/m0/s1. The fourth-order valence-electron chi connectivity index (χ4n) is 2.69. The highest BCUT2D eigenvalue weighted by molar-refractivity contribution is 7.17. The zero-order valence-corrected chi connectivity index (χ0v) is 13.8. The third-order valence-electron chi connectivity index (χ3n) is 3.61. The lowest BCUT2D eigenvalue weighted by Crippen LogP contribution is -2.48. The van der Waals surface area contributed by atoms with Crippen molar-refractivity contribution < 1.29 is 9.53 Å². The van der Waals surface area contributed by atoms with Gasteiger partial charge in [0.2, 0.25) is 0 Å². The van der Waals surface area contributed by atoms with E-state index in [-0.39, 0.29) is 18.1 Å². The molecule has 1 fully saturated rings. The number of pyridine rings is 1. The summed E-state index contributed by atoms with van der Waals surface area (Å²) in [6.45, 7) is 7.13. The van der Waals surface area contributed by atoms with Crippen LogP contribution in [0, 0.1) is 6.92 Å². The number of hydrogen-bond acceptors (Lipinski definition) is 5. The van der Waals surface area contributed by atoms with E-state index in [0.29, 0.717) is 18.0 Å². The van der Waals surface area contributed by atoms with Gasteiger partial charge in [-0.2, -0.15) is 0 Å². The molecule has 3 rings (SSSR count). The van der Waals surface area contributed by atoms with Gasteiger partial charge in [0.05, 0.1) is 17.9 Å². The molecular formula is C16H19N3O2S.